The molecule has 0 N–H and O–H groups in total. The van der Waals surface area contributed by atoms with Crippen LogP contribution in [0.25, 0.3) is 0 Å². The van der Waals surface area contributed by atoms with Crippen molar-refractivity contribution >= 4 is 59.2 Å². The molecule has 0 unspecified atom stereocenters. The van der Waals surface area contributed by atoms with E-state index in [1.54, 1.807) is 5.57 Å². The minimum Gasteiger partial charge on any atom is -0.370 e. The van der Waals surface area contributed by atoms with Crippen LogP contribution in [0, 0.1) is 17.3 Å². The van der Waals surface area contributed by atoms with E-state index in [4.69, 9.17) is 13.8 Å². The van der Waals surface area contributed by atoms with Crippen LogP contribution in [-0.4, -0.2) is 32.2 Å². The number of allylic oxidation sites excluding steroid dienone is 4. The van der Waals surface area contributed by atoms with Crippen LogP contribution in [0.15, 0.2) is 59.2 Å². The van der Waals surface area contributed by atoms with Gasteiger partial charge < -0.3 is 13.8 Å². The molecule has 9 heteroatoms. The maximum absolute atomic E-state index is 13.0. The molecule has 6 rings (SSSR count). The predicted octanol–water partition coefficient (Wildman–Crippen LogP) is 8.66. The first kappa shape index (κ1) is 41.3. The van der Waals surface area contributed by atoms with Gasteiger partial charge in [-0.25, -0.2) is 0 Å². The molecule has 5 aliphatic rings. The zero-order chi connectivity index (χ0) is 25.3. The van der Waals surface area contributed by atoms with Crippen LogP contribution in [0.4, 0.5) is 0 Å². The van der Waals surface area contributed by atoms with Gasteiger partial charge in [-0.05, 0) is 97.3 Å². The highest BCUT2D eigenvalue weighted by Gasteiger charge is 2.65. The summed E-state index contributed by atoms with van der Waals surface area (Å²) in [6, 6.07) is 8.02. The fourth-order valence-corrected chi connectivity index (χ4v) is 9.68. The van der Waals surface area contributed by atoms with Gasteiger partial charge in [0.1, 0.15) is 0 Å². The van der Waals surface area contributed by atoms with E-state index in [0.29, 0.717) is 23.6 Å². The normalized spacial score (nSPS) is 30.9. The summed E-state index contributed by atoms with van der Waals surface area (Å²) in [5, 5.41) is 0.572. The smallest absolute Gasteiger partial charge is 0.360 e. The van der Waals surface area contributed by atoms with Gasteiger partial charge in [0.05, 0.1) is 17.5 Å². The van der Waals surface area contributed by atoms with Crippen molar-refractivity contribution in [3.8, 4) is 0 Å². The molecule has 0 amide bonds. The van der Waals surface area contributed by atoms with Gasteiger partial charge in [0.15, 0.2) is 5.78 Å². The van der Waals surface area contributed by atoms with Crippen molar-refractivity contribution in [3.63, 3.8) is 0 Å². The molecule has 0 radical (unpaired) electrons. The lowest BCUT2D eigenvalue weighted by molar-refractivity contribution is -0.114. The Morgan fingerprint density at radius 1 is 0.952 bits per heavy atom. The topological polar surface area (TPSA) is 61.8 Å². The average Bonchev–Trinajstić information content (AvgIpc) is 3.42. The third kappa shape index (κ3) is 5.96. The standard InChI is InChI=1S/C30H37O5P.3CH4.3H2S/c1-19-14-16-35-30(19)15-13-27-25-11-7-21-17-22(31)8-12-24(21)28(25)26(18-29(27,30)2)20-5-9-23(10-6-20)36(32,33-3)34-4;;;;;;/h5-6,9-10,17,25-27H,1,7-8,11-16,18H2,2-4H3;3*1H4;3*1H2/t25-,26+,27-,29-,30+;;;;;;/m0....../s1. The molecule has 2 saturated carbocycles. The molecule has 1 spiro atoms. The number of fused-ring (bicyclic) bond motifs is 5. The highest BCUT2D eigenvalue weighted by molar-refractivity contribution is 7.62. The second kappa shape index (κ2) is 15.0. The van der Waals surface area contributed by atoms with E-state index in [1.165, 1.54) is 42.9 Å². The summed E-state index contributed by atoms with van der Waals surface area (Å²) in [6.07, 6.45) is 9.65. The number of benzene rings is 1. The van der Waals surface area contributed by atoms with Crippen molar-refractivity contribution in [2.24, 2.45) is 17.3 Å². The van der Waals surface area contributed by atoms with Crippen LogP contribution in [0.5, 0.6) is 0 Å². The van der Waals surface area contributed by atoms with E-state index in [2.05, 4.69) is 25.6 Å². The molecule has 5 nitrogen and oxygen atoms in total. The molecule has 42 heavy (non-hydrogen) atoms. The monoisotopic (exact) mass is 658 g/mol. The molecule has 4 aliphatic carbocycles. The molecule has 3 fully saturated rings. The summed E-state index contributed by atoms with van der Waals surface area (Å²) in [7, 11) is -0.460. The Labute approximate surface area is 276 Å². The molecule has 1 aromatic rings. The SMILES string of the molecule is C.C.C.C=C1CCO[C@]12CC[C@H]1[C@@H]3CCC4=CC(=O)CCC4=C3[C@@H](c3ccc(P(=O)(OC)OC)cc3)C[C@@]12C.S.S.S. The van der Waals surface area contributed by atoms with E-state index < -0.39 is 7.60 Å². The van der Waals surface area contributed by atoms with Crippen LogP contribution >= 0.6 is 48.1 Å². The fraction of sp³-hybridized carbons (Fsp3) is 0.606. The summed E-state index contributed by atoms with van der Waals surface area (Å²) in [5.41, 5.74) is 6.55. The van der Waals surface area contributed by atoms with Crippen LogP contribution in [-0.2, 0) is 23.1 Å². The van der Waals surface area contributed by atoms with Gasteiger partial charge in [-0.2, -0.15) is 40.5 Å². The van der Waals surface area contributed by atoms with Crippen molar-refractivity contribution < 1.29 is 23.1 Å². The highest BCUT2D eigenvalue weighted by Crippen LogP contribution is 2.70. The lowest BCUT2D eigenvalue weighted by atomic mass is 9.50. The van der Waals surface area contributed by atoms with Gasteiger partial charge in [-0.3, -0.25) is 9.36 Å². The fourth-order valence-electron chi connectivity index (χ4n) is 8.59. The van der Waals surface area contributed by atoms with Gasteiger partial charge in [0, 0.05) is 32.0 Å². The molecule has 1 aliphatic heterocycles. The first-order valence-corrected chi connectivity index (χ1v) is 14.9. The summed E-state index contributed by atoms with van der Waals surface area (Å²) < 4.78 is 30.1. The first-order chi connectivity index (χ1) is 17.3. The quantitative estimate of drug-likeness (QED) is 0.239. The van der Waals surface area contributed by atoms with E-state index in [1.807, 2.05) is 18.2 Å². The number of ether oxygens (including phenoxy) is 1. The Hall–Kier alpha value is -0.730. The van der Waals surface area contributed by atoms with Gasteiger partial charge >= 0.3 is 7.60 Å². The van der Waals surface area contributed by atoms with Crippen molar-refractivity contribution in [3.05, 3.63) is 64.8 Å². The molecular weight excluding hydrogens is 604 g/mol. The molecule has 1 saturated heterocycles. The van der Waals surface area contributed by atoms with Crippen molar-refractivity contribution in [1.29, 1.82) is 0 Å². The average molecular weight is 659 g/mol. The Balaban J connectivity index is 0.00000280. The maximum Gasteiger partial charge on any atom is 0.360 e. The number of hydrogen-bond donors (Lipinski definition) is 0. The summed E-state index contributed by atoms with van der Waals surface area (Å²) >= 11 is 0. The minimum absolute atomic E-state index is 0. The van der Waals surface area contributed by atoms with Gasteiger partial charge in [0.25, 0.3) is 0 Å². The third-order valence-corrected chi connectivity index (χ3v) is 12.2. The Morgan fingerprint density at radius 2 is 1.60 bits per heavy atom. The van der Waals surface area contributed by atoms with Crippen LogP contribution in [0.3, 0.4) is 0 Å². The zero-order valence-electron chi connectivity index (χ0n) is 23.2. The van der Waals surface area contributed by atoms with E-state index in [-0.39, 0.29) is 85.5 Å². The second-order valence-electron chi connectivity index (χ2n) is 11.5. The van der Waals surface area contributed by atoms with Crippen LogP contribution in [0.2, 0.25) is 0 Å². The summed E-state index contributed by atoms with van der Waals surface area (Å²) in [4.78, 5) is 12.3. The largest absolute Gasteiger partial charge is 0.370 e. The lowest BCUT2D eigenvalue weighted by Crippen LogP contribution is -2.52. The Kier molecular flexibility index (Phi) is 14.8. The van der Waals surface area contributed by atoms with E-state index in [0.717, 1.165) is 45.1 Å². The van der Waals surface area contributed by atoms with Gasteiger partial charge in [-0.15, -0.1) is 0 Å². The van der Waals surface area contributed by atoms with Crippen molar-refractivity contribution in [2.75, 3.05) is 20.8 Å². The third-order valence-electron chi connectivity index (χ3n) is 10.3. The molecule has 1 aromatic carbocycles. The molecule has 0 aromatic heterocycles. The number of ketones is 1. The van der Waals surface area contributed by atoms with E-state index >= 15 is 0 Å². The highest BCUT2D eigenvalue weighted by atomic mass is 32.1. The maximum atomic E-state index is 13.0. The zero-order valence-corrected chi connectivity index (χ0v) is 27.1. The van der Waals surface area contributed by atoms with E-state index in [9.17, 15) is 9.36 Å². The van der Waals surface area contributed by atoms with Crippen molar-refractivity contribution in [2.45, 2.75) is 92.1 Å². The molecule has 1 heterocycles. The second-order valence-corrected chi connectivity index (χ2v) is 13.8. The number of carbonyl (C=O) groups excluding carboxylic acids is 1. The summed E-state index contributed by atoms with van der Waals surface area (Å²) in [5.74, 6) is 1.55. The summed E-state index contributed by atoms with van der Waals surface area (Å²) in [6.45, 7) is 7.75. The predicted molar refractivity (Wildman–Crippen MR) is 192 cm³/mol. The molecular formula is C33H55O5PS3. The Morgan fingerprint density at radius 3 is 2.17 bits per heavy atom. The van der Waals surface area contributed by atoms with Crippen LogP contribution < -0.4 is 5.30 Å². The molecule has 5 atom stereocenters. The molecule has 0 bridgehead atoms. The van der Waals surface area contributed by atoms with Gasteiger partial charge in [-0.1, -0.05) is 53.5 Å². The first-order valence-electron chi connectivity index (χ1n) is 13.4. The lowest BCUT2D eigenvalue weighted by Gasteiger charge is -2.55. The molecule has 240 valence electrons. The van der Waals surface area contributed by atoms with Crippen molar-refractivity contribution in [1.82, 2.24) is 0 Å². The van der Waals surface area contributed by atoms with Gasteiger partial charge in [0.2, 0.25) is 0 Å². The minimum atomic E-state index is -3.30. The number of carbonyl (C=O) groups is 1. The van der Waals surface area contributed by atoms with Crippen LogP contribution in [0.1, 0.15) is 92.1 Å². The number of rotatable bonds is 4. The number of hydrogen-bond acceptors (Lipinski definition) is 5. The Bertz CT molecular complexity index is 1230.